The van der Waals surface area contributed by atoms with Gasteiger partial charge in [0.2, 0.25) is 5.91 Å². The van der Waals surface area contributed by atoms with Crippen LogP contribution in [0.4, 0.5) is 0 Å². The summed E-state index contributed by atoms with van der Waals surface area (Å²) in [5.41, 5.74) is 0. The van der Waals surface area contributed by atoms with E-state index in [1.54, 1.807) is 0 Å². The summed E-state index contributed by atoms with van der Waals surface area (Å²) in [6, 6.07) is 0.456. The molecule has 0 radical (unpaired) electrons. The third-order valence-corrected chi connectivity index (χ3v) is 2.03. The van der Waals surface area contributed by atoms with Crippen LogP contribution in [0.15, 0.2) is 12.2 Å². The zero-order valence-corrected chi connectivity index (χ0v) is 5.21. The standard InChI is InChI=1S/C7H9NO/c9-7-4-3-6-2-1-5-8(6)7/h1-2,6H,3-5H2/t6-/m0/s1. The topological polar surface area (TPSA) is 20.3 Å². The van der Waals surface area contributed by atoms with E-state index in [9.17, 15) is 4.79 Å². The van der Waals surface area contributed by atoms with E-state index in [0.29, 0.717) is 11.9 Å². The van der Waals surface area contributed by atoms with Crippen molar-refractivity contribution in [1.82, 2.24) is 4.90 Å². The molecule has 1 atom stereocenters. The Bertz CT molecular complexity index is 174. The molecule has 0 unspecified atom stereocenters. The van der Waals surface area contributed by atoms with Gasteiger partial charge in [0.25, 0.3) is 0 Å². The molecule has 0 aliphatic carbocycles. The Kier molecular flexibility index (Phi) is 0.891. The third kappa shape index (κ3) is 0.590. The minimum absolute atomic E-state index is 0.324. The maximum absolute atomic E-state index is 10.9. The largest absolute Gasteiger partial charge is 0.333 e. The van der Waals surface area contributed by atoms with Gasteiger partial charge in [0.1, 0.15) is 0 Å². The summed E-state index contributed by atoms with van der Waals surface area (Å²) in [7, 11) is 0. The Balaban J connectivity index is 2.22. The molecule has 0 aromatic rings. The Morgan fingerprint density at radius 1 is 1.67 bits per heavy atom. The molecule has 1 amide bonds. The van der Waals surface area contributed by atoms with E-state index in [0.717, 1.165) is 19.4 Å². The summed E-state index contributed by atoms with van der Waals surface area (Å²) in [5.74, 6) is 0.324. The second kappa shape index (κ2) is 1.59. The average Bonchev–Trinajstić information content (AvgIpc) is 2.35. The molecule has 0 spiro atoms. The van der Waals surface area contributed by atoms with Crippen LogP contribution in [0.3, 0.4) is 0 Å². The van der Waals surface area contributed by atoms with Crippen LogP contribution in [-0.4, -0.2) is 23.4 Å². The number of hydrogen-bond acceptors (Lipinski definition) is 1. The van der Waals surface area contributed by atoms with Crippen molar-refractivity contribution in [3.63, 3.8) is 0 Å². The van der Waals surface area contributed by atoms with Crippen LogP contribution >= 0.6 is 0 Å². The van der Waals surface area contributed by atoms with Crippen LogP contribution < -0.4 is 0 Å². The summed E-state index contributed by atoms with van der Waals surface area (Å²) in [5, 5.41) is 0. The zero-order chi connectivity index (χ0) is 6.27. The van der Waals surface area contributed by atoms with Crippen molar-refractivity contribution in [3.05, 3.63) is 12.2 Å². The van der Waals surface area contributed by atoms with Gasteiger partial charge in [-0.25, -0.2) is 0 Å². The van der Waals surface area contributed by atoms with Crippen LogP contribution in [0.25, 0.3) is 0 Å². The molecule has 2 heterocycles. The van der Waals surface area contributed by atoms with Crippen molar-refractivity contribution >= 4 is 5.91 Å². The lowest BCUT2D eigenvalue weighted by Gasteiger charge is -2.13. The second-order valence-electron chi connectivity index (χ2n) is 2.58. The highest BCUT2D eigenvalue weighted by Gasteiger charge is 2.30. The highest BCUT2D eigenvalue weighted by molar-refractivity contribution is 5.79. The van der Waals surface area contributed by atoms with E-state index in [4.69, 9.17) is 0 Å². The Hall–Kier alpha value is -0.790. The molecule has 1 saturated heterocycles. The summed E-state index contributed by atoms with van der Waals surface area (Å²) in [6.45, 7) is 0.851. The van der Waals surface area contributed by atoms with E-state index in [-0.39, 0.29) is 0 Å². The second-order valence-corrected chi connectivity index (χ2v) is 2.58. The van der Waals surface area contributed by atoms with Crippen LogP contribution in [-0.2, 0) is 4.79 Å². The van der Waals surface area contributed by atoms with Gasteiger partial charge >= 0.3 is 0 Å². The first-order chi connectivity index (χ1) is 4.38. The maximum atomic E-state index is 10.9. The molecule has 0 aromatic carbocycles. The van der Waals surface area contributed by atoms with Gasteiger partial charge in [-0.3, -0.25) is 4.79 Å². The summed E-state index contributed by atoms with van der Waals surface area (Å²) < 4.78 is 0. The van der Waals surface area contributed by atoms with Gasteiger partial charge in [0.15, 0.2) is 0 Å². The van der Waals surface area contributed by atoms with Crippen molar-refractivity contribution in [2.45, 2.75) is 18.9 Å². The highest BCUT2D eigenvalue weighted by Crippen LogP contribution is 2.22. The fourth-order valence-corrected chi connectivity index (χ4v) is 1.52. The summed E-state index contributed by atoms with van der Waals surface area (Å²) in [4.78, 5) is 12.9. The number of rotatable bonds is 0. The lowest BCUT2D eigenvalue weighted by Crippen LogP contribution is -2.27. The molecule has 0 saturated carbocycles. The molecule has 2 nitrogen and oxygen atoms in total. The smallest absolute Gasteiger partial charge is 0.223 e. The Morgan fingerprint density at radius 3 is 3.33 bits per heavy atom. The quantitative estimate of drug-likeness (QED) is 0.431. The third-order valence-electron chi connectivity index (χ3n) is 2.03. The van der Waals surface area contributed by atoms with Crippen molar-refractivity contribution < 1.29 is 4.79 Å². The fraction of sp³-hybridized carbons (Fsp3) is 0.571. The number of carbonyl (C=O) groups excluding carboxylic acids is 1. The first-order valence-electron chi connectivity index (χ1n) is 3.34. The van der Waals surface area contributed by atoms with Crippen LogP contribution in [0.1, 0.15) is 12.8 Å². The van der Waals surface area contributed by atoms with Crippen molar-refractivity contribution in [1.29, 1.82) is 0 Å². The number of carbonyl (C=O) groups is 1. The SMILES string of the molecule is O=C1CC[C@@H]2C=CCN12. The van der Waals surface area contributed by atoms with Gasteiger partial charge in [-0.05, 0) is 6.42 Å². The van der Waals surface area contributed by atoms with E-state index in [1.807, 2.05) is 4.90 Å². The summed E-state index contributed by atoms with van der Waals surface area (Å²) >= 11 is 0. The predicted octanol–water partition coefficient (Wildman–Crippen LogP) is 0.547. The molecule has 0 bridgehead atoms. The molecule has 2 rings (SSSR count). The normalized spacial score (nSPS) is 31.8. The van der Waals surface area contributed by atoms with E-state index in [1.165, 1.54) is 0 Å². The van der Waals surface area contributed by atoms with Crippen molar-refractivity contribution in [2.24, 2.45) is 0 Å². The molecular formula is C7H9NO. The zero-order valence-electron chi connectivity index (χ0n) is 5.21. The Labute approximate surface area is 54.1 Å². The van der Waals surface area contributed by atoms with Crippen LogP contribution in [0.2, 0.25) is 0 Å². The van der Waals surface area contributed by atoms with E-state index >= 15 is 0 Å². The molecule has 0 N–H and O–H groups in total. The number of amides is 1. The van der Waals surface area contributed by atoms with Gasteiger partial charge in [-0.1, -0.05) is 12.2 Å². The maximum Gasteiger partial charge on any atom is 0.223 e. The van der Waals surface area contributed by atoms with Gasteiger partial charge in [-0.15, -0.1) is 0 Å². The van der Waals surface area contributed by atoms with E-state index in [2.05, 4.69) is 12.2 Å². The van der Waals surface area contributed by atoms with Gasteiger partial charge in [0, 0.05) is 13.0 Å². The molecular weight excluding hydrogens is 114 g/mol. The van der Waals surface area contributed by atoms with Gasteiger partial charge < -0.3 is 4.90 Å². The molecule has 2 aliphatic rings. The van der Waals surface area contributed by atoms with Gasteiger partial charge in [0.05, 0.1) is 6.04 Å². The van der Waals surface area contributed by atoms with Crippen LogP contribution in [0, 0.1) is 0 Å². The monoisotopic (exact) mass is 123 g/mol. The number of nitrogens with zero attached hydrogens (tertiary/aromatic N) is 1. The molecule has 9 heavy (non-hydrogen) atoms. The Morgan fingerprint density at radius 2 is 2.56 bits per heavy atom. The first-order valence-corrected chi connectivity index (χ1v) is 3.34. The average molecular weight is 123 g/mol. The van der Waals surface area contributed by atoms with Crippen molar-refractivity contribution in [3.8, 4) is 0 Å². The predicted molar refractivity (Wildman–Crippen MR) is 33.9 cm³/mol. The minimum atomic E-state index is 0.324. The highest BCUT2D eigenvalue weighted by atomic mass is 16.2. The molecule has 1 fully saturated rings. The molecule has 2 heteroatoms. The van der Waals surface area contributed by atoms with Crippen molar-refractivity contribution in [2.75, 3.05) is 6.54 Å². The lowest BCUT2D eigenvalue weighted by atomic mass is 10.2. The molecule has 0 aromatic heterocycles. The summed E-state index contributed by atoms with van der Waals surface area (Å²) in [6.07, 6.45) is 6.00. The lowest BCUT2D eigenvalue weighted by molar-refractivity contribution is -0.127. The first kappa shape index (κ1) is 5.03. The molecule has 48 valence electrons. The fourth-order valence-electron chi connectivity index (χ4n) is 1.52. The minimum Gasteiger partial charge on any atom is -0.333 e. The van der Waals surface area contributed by atoms with E-state index < -0.39 is 0 Å². The number of fused-ring (bicyclic) bond motifs is 1. The number of hydrogen-bond donors (Lipinski definition) is 0. The molecule has 2 aliphatic heterocycles. The van der Waals surface area contributed by atoms with Gasteiger partial charge in [-0.2, -0.15) is 0 Å². The van der Waals surface area contributed by atoms with Crippen LogP contribution in [0.5, 0.6) is 0 Å².